The fourth-order valence-electron chi connectivity index (χ4n) is 2.41. The number of nitrogens with zero attached hydrogens (tertiary/aromatic N) is 1. The predicted octanol–water partition coefficient (Wildman–Crippen LogP) is 2.12. The van der Waals surface area contributed by atoms with Crippen molar-refractivity contribution in [3.63, 3.8) is 0 Å². The first-order chi connectivity index (χ1) is 12.7. The molecule has 0 aromatic carbocycles. The quantitative estimate of drug-likeness (QED) is 0.402. The number of esters is 3. The maximum atomic E-state index is 13.6. The Bertz CT molecular complexity index is 735. The summed E-state index contributed by atoms with van der Waals surface area (Å²) in [4.78, 5) is 38.0. The molecular weight excluding hydrogens is 405 g/mol. The monoisotopic (exact) mass is 421 g/mol. The van der Waals surface area contributed by atoms with Crippen molar-refractivity contribution in [3.05, 3.63) is 23.2 Å². The number of carbonyl (C=O) groups is 3. The lowest BCUT2D eigenvalue weighted by atomic mass is 10.1. The number of pyridine rings is 1. The highest BCUT2D eigenvalue weighted by Crippen LogP contribution is 2.34. The molecule has 2 heterocycles. The van der Waals surface area contributed by atoms with Gasteiger partial charge in [-0.15, -0.1) is 11.8 Å². The highest BCUT2D eigenvalue weighted by Gasteiger charge is 2.47. The second-order valence-corrected chi connectivity index (χ2v) is 7.05. The van der Waals surface area contributed by atoms with Gasteiger partial charge in [0.05, 0.1) is 6.20 Å². The molecule has 1 fully saturated rings. The number of hydrogen-bond donors (Lipinski definition) is 0. The number of aromatic nitrogens is 1. The van der Waals surface area contributed by atoms with Crippen LogP contribution in [0.4, 0.5) is 4.39 Å². The van der Waals surface area contributed by atoms with Crippen molar-refractivity contribution in [2.45, 2.75) is 44.5 Å². The Hall–Kier alpha value is -2.07. The van der Waals surface area contributed by atoms with Gasteiger partial charge in [0.1, 0.15) is 5.75 Å². The maximum Gasteiger partial charge on any atom is 0.303 e. The molecule has 8 nitrogen and oxygen atoms in total. The highest BCUT2D eigenvalue weighted by atomic mass is 35.5. The Kier molecular flexibility index (Phi) is 7.25. The van der Waals surface area contributed by atoms with E-state index in [2.05, 4.69) is 4.98 Å². The predicted molar refractivity (Wildman–Crippen MR) is 92.7 cm³/mol. The molecule has 4 atom stereocenters. The smallest absolute Gasteiger partial charge is 0.303 e. The number of hydrogen-bond acceptors (Lipinski definition) is 9. The molecule has 1 aliphatic rings. The Labute approximate surface area is 163 Å². The summed E-state index contributed by atoms with van der Waals surface area (Å²) >= 11 is 6.69. The van der Waals surface area contributed by atoms with Gasteiger partial charge in [0.25, 0.3) is 0 Å². The van der Waals surface area contributed by atoms with Gasteiger partial charge < -0.3 is 18.9 Å². The first-order valence-corrected chi connectivity index (χ1v) is 9.21. The van der Waals surface area contributed by atoms with Crippen molar-refractivity contribution < 1.29 is 37.7 Å². The van der Waals surface area contributed by atoms with E-state index in [9.17, 15) is 18.8 Å². The van der Waals surface area contributed by atoms with Crippen LogP contribution in [0.5, 0.6) is 5.75 Å². The summed E-state index contributed by atoms with van der Waals surface area (Å²) in [5.74, 6) is -2.44. The molecule has 0 amide bonds. The van der Waals surface area contributed by atoms with Crippen LogP contribution in [0.25, 0.3) is 0 Å². The number of thioether (sulfide) groups is 1. The minimum atomic E-state index is -1.10. The molecule has 0 spiro atoms. The summed E-state index contributed by atoms with van der Waals surface area (Å²) in [5, 5.41) is -0.317. The second-order valence-electron chi connectivity index (χ2n) is 5.56. The van der Waals surface area contributed by atoms with E-state index in [1.54, 1.807) is 0 Å². The van der Waals surface area contributed by atoms with Crippen molar-refractivity contribution in [2.24, 2.45) is 0 Å². The summed E-state index contributed by atoms with van der Waals surface area (Å²) < 4.78 is 34.9. The third-order valence-corrected chi connectivity index (χ3v) is 4.82. The van der Waals surface area contributed by atoms with Crippen LogP contribution in [-0.4, -0.2) is 52.4 Å². The van der Waals surface area contributed by atoms with Gasteiger partial charge in [-0.25, -0.2) is 9.37 Å². The summed E-state index contributed by atoms with van der Waals surface area (Å²) in [6.07, 6.45) is -1.84. The van der Waals surface area contributed by atoms with Crippen molar-refractivity contribution in [3.8, 4) is 5.75 Å². The van der Waals surface area contributed by atoms with Crippen LogP contribution in [-0.2, 0) is 28.6 Å². The summed E-state index contributed by atoms with van der Waals surface area (Å²) in [6.45, 7) is 3.55. The van der Waals surface area contributed by atoms with Crippen molar-refractivity contribution in [1.82, 2.24) is 4.98 Å². The molecule has 148 valence electrons. The zero-order valence-electron chi connectivity index (χ0n) is 14.6. The fourth-order valence-corrected chi connectivity index (χ4v) is 3.73. The molecule has 0 bridgehead atoms. The number of carbonyl (C=O) groups excluding carboxylic acids is 3. The number of ether oxygens (including phenoxy) is 4. The zero-order valence-corrected chi connectivity index (χ0v) is 16.2. The van der Waals surface area contributed by atoms with Crippen LogP contribution in [0.15, 0.2) is 12.3 Å². The van der Waals surface area contributed by atoms with Gasteiger partial charge in [-0.1, -0.05) is 11.6 Å². The maximum absolute atomic E-state index is 13.6. The molecule has 1 saturated heterocycles. The van der Waals surface area contributed by atoms with Crippen molar-refractivity contribution >= 4 is 41.3 Å². The molecule has 1 aromatic rings. The molecule has 0 radical (unpaired) electrons. The van der Waals surface area contributed by atoms with Crippen LogP contribution in [0.1, 0.15) is 20.8 Å². The van der Waals surface area contributed by atoms with Gasteiger partial charge in [0.2, 0.25) is 0 Å². The molecule has 11 heteroatoms. The van der Waals surface area contributed by atoms with Crippen LogP contribution in [0.3, 0.4) is 0 Å². The Morgan fingerprint density at radius 2 is 1.70 bits per heavy atom. The highest BCUT2D eigenvalue weighted by molar-refractivity contribution is 7.99. The molecule has 0 N–H and O–H groups in total. The van der Waals surface area contributed by atoms with Crippen LogP contribution in [0, 0.1) is 5.82 Å². The largest absolute Gasteiger partial charge is 0.474 e. The molecule has 1 unspecified atom stereocenters. The van der Waals surface area contributed by atoms with E-state index in [0.29, 0.717) is 0 Å². The topological polar surface area (TPSA) is 101 Å². The van der Waals surface area contributed by atoms with E-state index in [1.165, 1.54) is 27.0 Å². The normalized spacial score (nSPS) is 24.6. The summed E-state index contributed by atoms with van der Waals surface area (Å²) in [6, 6.07) is 1.03. The van der Waals surface area contributed by atoms with E-state index >= 15 is 0 Å². The lowest BCUT2D eigenvalue weighted by Gasteiger charge is -2.39. The average Bonchev–Trinajstić information content (AvgIpc) is 2.55. The Morgan fingerprint density at radius 3 is 2.26 bits per heavy atom. The van der Waals surface area contributed by atoms with E-state index in [-0.39, 0.29) is 16.7 Å². The van der Waals surface area contributed by atoms with Gasteiger partial charge in [-0.3, -0.25) is 14.4 Å². The molecule has 1 aromatic heterocycles. The van der Waals surface area contributed by atoms with Gasteiger partial charge >= 0.3 is 17.9 Å². The van der Waals surface area contributed by atoms with Gasteiger partial charge in [0, 0.05) is 32.6 Å². The molecule has 1 aliphatic heterocycles. The van der Waals surface area contributed by atoms with E-state index in [0.717, 1.165) is 17.8 Å². The van der Waals surface area contributed by atoms with Gasteiger partial charge in [0.15, 0.2) is 34.7 Å². The summed E-state index contributed by atoms with van der Waals surface area (Å²) in [7, 11) is 0. The van der Waals surface area contributed by atoms with Crippen LogP contribution >= 0.6 is 23.4 Å². The van der Waals surface area contributed by atoms with Crippen LogP contribution < -0.4 is 4.74 Å². The number of halogens is 2. The number of rotatable bonds is 5. The third-order valence-electron chi connectivity index (χ3n) is 3.33. The van der Waals surface area contributed by atoms with Gasteiger partial charge in [-0.2, -0.15) is 0 Å². The Balaban J connectivity index is 2.28. The molecule has 2 rings (SSSR count). The van der Waals surface area contributed by atoms with Crippen LogP contribution in [0.2, 0.25) is 5.15 Å². The lowest BCUT2D eigenvalue weighted by molar-refractivity contribution is -0.186. The van der Waals surface area contributed by atoms with E-state index in [1.807, 2.05) is 0 Å². The SMILES string of the molecule is CC(=O)O[C@H]1[C@H](OC(C)=O)CSC(Oc2cnc(Cl)c(F)c2)[C@@H]1OC(C)=O. The third kappa shape index (κ3) is 5.96. The minimum Gasteiger partial charge on any atom is -0.474 e. The minimum absolute atomic E-state index is 0.0408. The molecule has 0 saturated carbocycles. The standard InChI is InChI=1S/C16H17ClFNO7S/c1-7(20)23-12-6-27-16(26-10-4-11(18)15(17)19-5-10)14(25-9(3)22)13(12)24-8(2)21/h4-5,12-14,16H,6H2,1-3H3/t12-,13+,14-,16?/m1/s1. The fraction of sp³-hybridized carbons (Fsp3) is 0.500. The second kappa shape index (κ2) is 9.23. The lowest BCUT2D eigenvalue weighted by Crippen LogP contribution is -2.55. The van der Waals surface area contributed by atoms with E-state index in [4.69, 9.17) is 30.5 Å². The molecule has 27 heavy (non-hydrogen) atoms. The first-order valence-electron chi connectivity index (χ1n) is 7.78. The Morgan fingerprint density at radius 1 is 1.11 bits per heavy atom. The zero-order chi connectivity index (χ0) is 20.1. The average molecular weight is 422 g/mol. The molecule has 0 aliphatic carbocycles. The first kappa shape index (κ1) is 21.2. The van der Waals surface area contributed by atoms with Crippen molar-refractivity contribution in [2.75, 3.05) is 5.75 Å². The van der Waals surface area contributed by atoms with Gasteiger partial charge in [-0.05, 0) is 0 Å². The van der Waals surface area contributed by atoms with E-state index < -0.39 is 47.5 Å². The molecular formula is C16H17ClFNO7S. The van der Waals surface area contributed by atoms with Crippen molar-refractivity contribution in [1.29, 1.82) is 0 Å². The summed E-state index contributed by atoms with van der Waals surface area (Å²) in [5.41, 5.74) is -0.868.